The van der Waals surface area contributed by atoms with Gasteiger partial charge in [-0.15, -0.1) is 10.2 Å². The maximum absolute atomic E-state index is 11.0. The van der Waals surface area contributed by atoms with Gasteiger partial charge in [-0.05, 0) is 24.1 Å². The van der Waals surface area contributed by atoms with Crippen LogP contribution in [0.3, 0.4) is 0 Å². The summed E-state index contributed by atoms with van der Waals surface area (Å²) < 4.78 is 5.64. The van der Waals surface area contributed by atoms with Crippen molar-refractivity contribution >= 4 is 34.9 Å². The highest BCUT2D eigenvalue weighted by Crippen LogP contribution is 2.29. The van der Waals surface area contributed by atoms with Crippen LogP contribution in [-0.4, -0.2) is 68.3 Å². The molecule has 4 rings (SSSR count). The van der Waals surface area contributed by atoms with E-state index in [9.17, 15) is 20.2 Å². The Kier molecular flexibility index (Phi) is 9.28. The van der Waals surface area contributed by atoms with E-state index in [1.807, 2.05) is 6.07 Å². The highest BCUT2D eigenvalue weighted by atomic mass is 32.2. The van der Waals surface area contributed by atoms with Crippen LogP contribution in [0.15, 0.2) is 63.4 Å². The number of rotatable bonds is 12. The Morgan fingerprint density at radius 3 is 2.08 bits per heavy atom. The van der Waals surface area contributed by atoms with Gasteiger partial charge in [0.25, 0.3) is 21.8 Å². The zero-order valence-corrected chi connectivity index (χ0v) is 21.2. The van der Waals surface area contributed by atoms with Gasteiger partial charge in [-0.25, -0.2) is 0 Å². The predicted molar refractivity (Wildman–Crippen MR) is 137 cm³/mol. The van der Waals surface area contributed by atoms with Gasteiger partial charge >= 0.3 is 0 Å². The van der Waals surface area contributed by atoms with E-state index in [0.717, 1.165) is 57.5 Å². The first-order valence-corrected chi connectivity index (χ1v) is 13.4. The van der Waals surface area contributed by atoms with Gasteiger partial charge < -0.3 is 9.32 Å². The number of nitrogens with zero attached hydrogens (tertiary/aromatic N) is 6. The van der Waals surface area contributed by atoms with Crippen molar-refractivity contribution in [1.82, 2.24) is 20.0 Å². The molecule has 13 heteroatoms. The molecule has 3 aromatic rings. The fourth-order valence-electron chi connectivity index (χ4n) is 3.87. The van der Waals surface area contributed by atoms with Crippen molar-refractivity contribution < 1.29 is 14.3 Å². The Morgan fingerprint density at radius 2 is 1.44 bits per heavy atom. The monoisotopic (exact) mass is 530 g/mol. The van der Waals surface area contributed by atoms with Crippen molar-refractivity contribution in [2.24, 2.45) is 0 Å². The van der Waals surface area contributed by atoms with Gasteiger partial charge in [0.15, 0.2) is 0 Å². The molecule has 36 heavy (non-hydrogen) atoms. The predicted octanol–water partition coefficient (Wildman–Crippen LogP) is 4.48. The maximum Gasteiger partial charge on any atom is 0.277 e. The quantitative estimate of drug-likeness (QED) is 0.142. The number of nitro groups is 2. The molecule has 0 unspecified atom stereocenters. The number of nitro benzene ring substituents is 2. The lowest BCUT2D eigenvalue weighted by Gasteiger charge is -2.34. The molecule has 190 valence electrons. The first-order valence-electron chi connectivity index (χ1n) is 11.5. The van der Waals surface area contributed by atoms with Gasteiger partial charge in [-0.1, -0.05) is 53.9 Å². The van der Waals surface area contributed by atoms with Gasteiger partial charge in [-0.2, -0.15) is 0 Å². The summed E-state index contributed by atoms with van der Waals surface area (Å²) in [6.07, 6.45) is 1.01. The second-order valence-electron chi connectivity index (χ2n) is 8.30. The standard InChI is InChI=1S/C23H26N6O5S2/c30-28(31)20-13-19(14-21(15-20)29(32)33)17-36-23-25-24-22(34-23)35-12-4-7-26-8-10-27(11-9-26)16-18-5-2-1-3-6-18/h1-3,5-6,13-15H,4,7-12,16-17H2. The lowest BCUT2D eigenvalue weighted by molar-refractivity contribution is -0.394. The second-order valence-corrected chi connectivity index (χ2v) is 10.3. The molecule has 0 N–H and O–H groups in total. The lowest BCUT2D eigenvalue weighted by Crippen LogP contribution is -2.46. The lowest BCUT2D eigenvalue weighted by atomic mass is 10.2. The third-order valence-corrected chi connectivity index (χ3v) is 7.49. The van der Waals surface area contributed by atoms with Crippen molar-refractivity contribution in [2.45, 2.75) is 29.2 Å². The molecule has 1 saturated heterocycles. The minimum absolute atomic E-state index is 0.241. The molecular formula is C23H26N6O5S2. The fourth-order valence-corrected chi connectivity index (χ4v) is 5.30. The van der Waals surface area contributed by atoms with Crippen LogP contribution >= 0.6 is 23.5 Å². The number of hydrogen-bond donors (Lipinski definition) is 0. The Balaban J connectivity index is 1.15. The number of non-ortho nitro benzene ring substituents is 2. The average Bonchev–Trinajstić information content (AvgIpc) is 3.34. The Morgan fingerprint density at radius 1 is 0.833 bits per heavy atom. The zero-order chi connectivity index (χ0) is 25.3. The van der Waals surface area contributed by atoms with Gasteiger partial charge in [-0.3, -0.25) is 25.1 Å². The van der Waals surface area contributed by atoms with Crippen LogP contribution in [0.25, 0.3) is 0 Å². The smallest absolute Gasteiger partial charge is 0.277 e. The summed E-state index contributed by atoms with van der Waals surface area (Å²) in [6, 6.07) is 14.1. The first kappa shape index (κ1) is 26.1. The summed E-state index contributed by atoms with van der Waals surface area (Å²) in [5.41, 5.74) is 1.15. The summed E-state index contributed by atoms with van der Waals surface area (Å²) in [5.74, 6) is 1.10. The summed E-state index contributed by atoms with van der Waals surface area (Å²) in [6.45, 7) is 6.29. The molecule has 1 aliphatic heterocycles. The molecule has 0 radical (unpaired) electrons. The minimum atomic E-state index is -0.646. The molecule has 1 aliphatic rings. The van der Waals surface area contributed by atoms with E-state index >= 15 is 0 Å². The highest BCUT2D eigenvalue weighted by Gasteiger charge is 2.18. The average molecular weight is 531 g/mol. The fraction of sp³-hybridized carbons (Fsp3) is 0.391. The van der Waals surface area contributed by atoms with Crippen LogP contribution in [0, 0.1) is 20.2 Å². The van der Waals surface area contributed by atoms with Crippen molar-refractivity contribution in [3.05, 3.63) is 79.9 Å². The largest absolute Gasteiger partial charge is 0.406 e. The first-order chi connectivity index (χ1) is 17.5. The normalized spacial score (nSPS) is 14.7. The molecule has 2 heterocycles. The molecule has 2 aromatic carbocycles. The van der Waals surface area contributed by atoms with Gasteiger partial charge in [0.2, 0.25) is 0 Å². The number of piperazine rings is 1. The summed E-state index contributed by atoms with van der Waals surface area (Å²) in [7, 11) is 0. The Hall–Kier alpha value is -3.00. The van der Waals surface area contributed by atoms with E-state index in [1.165, 1.54) is 41.2 Å². The van der Waals surface area contributed by atoms with Crippen molar-refractivity contribution in [2.75, 3.05) is 38.5 Å². The van der Waals surface area contributed by atoms with Crippen molar-refractivity contribution in [1.29, 1.82) is 0 Å². The van der Waals surface area contributed by atoms with Crippen molar-refractivity contribution in [3.63, 3.8) is 0 Å². The molecule has 0 saturated carbocycles. The third-order valence-electron chi connectivity index (χ3n) is 5.69. The summed E-state index contributed by atoms with van der Waals surface area (Å²) in [5, 5.41) is 30.9. The number of hydrogen-bond acceptors (Lipinski definition) is 11. The third kappa shape index (κ3) is 7.75. The van der Waals surface area contributed by atoms with Gasteiger partial charge in [0, 0.05) is 56.4 Å². The minimum Gasteiger partial charge on any atom is -0.406 e. The van der Waals surface area contributed by atoms with Crippen LogP contribution < -0.4 is 0 Å². The van der Waals surface area contributed by atoms with E-state index in [1.54, 1.807) is 0 Å². The van der Waals surface area contributed by atoms with Crippen LogP contribution in [0.5, 0.6) is 0 Å². The van der Waals surface area contributed by atoms with E-state index < -0.39 is 9.85 Å². The van der Waals surface area contributed by atoms with E-state index in [2.05, 4.69) is 44.3 Å². The van der Waals surface area contributed by atoms with E-state index in [-0.39, 0.29) is 17.1 Å². The zero-order valence-electron chi connectivity index (χ0n) is 19.5. The molecule has 0 aliphatic carbocycles. The van der Waals surface area contributed by atoms with Crippen molar-refractivity contribution in [3.8, 4) is 0 Å². The summed E-state index contributed by atoms with van der Waals surface area (Å²) in [4.78, 5) is 25.8. The van der Waals surface area contributed by atoms with Gasteiger partial charge in [0.1, 0.15) is 0 Å². The molecule has 11 nitrogen and oxygen atoms in total. The van der Waals surface area contributed by atoms with E-state index in [0.29, 0.717) is 16.0 Å². The molecule has 0 atom stereocenters. The van der Waals surface area contributed by atoms with Crippen LogP contribution in [0.4, 0.5) is 11.4 Å². The summed E-state index contributed by atoms with van der Waals surface area (Å²) >= 11 is 2.68. The Labute approximate surface area is 216 Å². The van der Waals surface area contributed by atoms with Crippen LogP contribution in [-0.2, 0) is 12.3 Å². The molecule has 0 bridgehead atoms. The highest BCUT2D eigenvalue weighted by molar-refractivity contribution is 7.99. The molecule has 1 aromatic heterocycles. The molecule has 0 amide bonds. The SMILES string of the molecule is O=[N+]([O-])c1cc(CSc2nnc(SCCCN3CCN(Cc4ccccc4)CC3)o2)cc([N+](=O)[O-])c1. The number of benzene rings is 2. The molecule has 1 fully saturated rings. The van der Waals surface area contributed by atoms with Crippen LogP contribution in [0.1, 0.15) is 17.5 Å². The molecule has 0 spiro atoms. The Bertz CT molecular complexity index is 1140. The van der Waals surface area contributed by atoms with Crippen LogP contribution in [0.2, 0.25) is 0 Å². The van der Waals surface area contributed by atoms with Gasteiger partial charge in [0.05, 0.1) is 15.9 Å². The molecular weight excluding hydrogens is 504 g/mol. The second kappa shape index (κ2) is 12.8. The van der Waals surface area contributed by atoms with E-state index in [4.69, 9.17) is 4.42 Å². The topological polar surface area (TPSA) is 132 Å². The number of thioether (sulfide) groups is 2. The maximum atomic E-state index is 11.0. The number of aromatic nitrogens is 2.